The topological polar surface area (TPSA) is 25.4 Å². The van der Waals surface area contributed by atoms with E-state index in [9.17, 15) is 0 Å². The normalized spacial score (nSPS) is 12.5. The predicted molar refractivity (Wildman–Crippen MR) is 89.6 cm³/mol. The van der Waals surface area contributed by atoms with Crippen molar-refractivity contribution in [1.82, 2.24) is 4.98 Å². The van der Waals surface area contributed by atoms with E-state index in [1.165, 1.54) is 4.90 Å². The molecule has 1 aromatic heterocycles. The summed E-state index contributed by atoms with van der Waals surface area (Å²) in [6.07, 6.45) is 1.83. The molecule has 0 aliphatic carbocycles. The summed E-state index contributed by atoms with van der Waals surface area (Å²) in [5, 5.41) is 0. The quantitative estimate of drug-likeness (QED) is 0.519. The molecule has 3 nitrogen and oxygen atoms in total. The number of rotatable bonds is 2. The summed E-state index contributed by atoms with van der Waals surface area (Å²) >= 11 is 1.75. The molecule has 0 fully saturated rings. The molecule has 4 rings (SSSR count). The second kappa shape index (κ2) is 5.39. The summed E-state index contributed by atoms with van der Waals surface area (Å²) in [6, 6.07) is 20.5. The van der Waals surface area contributed by atoms with E-state index in [2.05, 4.69) is 46.3 Å². The number of hydrogen-bond donors (Lipinski definition) is 0. The fourth-order valence-electron chi connectivity index (χ4n) is 2.65. The fraction of sp³-hybridized carbons (Fsp3) is 0.0556. The number of hydrogen-bond acceptors (Lipinski definition) is 4. The van der Waals surface area contributed by atoms with Crippen LogP contribution in [0.1, 0.15) is 0 Å². The molecular weight excluding hydrogens is 292 g/mol. The zero-order valence-corrected chi connectivity index (χ0v) is 12.9. The van der Waals surface area contributed by atoms with Gasteiger partial charge in [0.25, 0.3) is 0 Å². The minimum absolute atomic E-state index is 0.834. The zero-order valence-electron chi connectivity index (χ0n) is 12.1. The van der Waals surface area contributed by atoms with Crippen molar-refractivity contribution in [2.75, 3.05) is 12.0 Å². The lowest BCUT2D eigenvalue weighted by Crippen LogP contribution is -2.16. The van der Waals surface area contributed by atoms with Crippen LogP contribution in [0.2, 0.25) is 0 Å². The maximum absolute atomic E-state index is 5.55. The van der Waals surface area contributed by atoms with Gasteiger partial charge in [-0.1, -0.05) is 36.0 Å². The highest BCUT2D eigenvalue weighted by Gasteiger charge is 2.27. The summed E-state index contributed by atoms with van der Waals surface area (Å²) in [6.45, 7) is 0. The number of nitrogens with zero attached hydrogens (tertiary/aromatic N) is 2. The average Bonchev–Trinajstić information content (AvgIpc) is 2.59. The molecule has 3 aromatic rings. The largest absolute Gasteiger partial charge is 0.495 e. The molecule has 0 bridgehead atoms. The Morgan fingerprint density at radius 1 is 0.864 bits per heavy atom. The van der Waals surface area contributed by atoms with Crippen LogP contribution in [-0.4, -0.2) is 12.1 Å². The van der Waals surface area contributed by atoms with Gasteiger partial charge in [-0.05, 0) is 36.4 Å². The van der Waals surface area contributed by atoms with Crippen molar-refractivity contribution in [3.63, 3.8) is 0 Å². The molecule has 108 valence electrons. The monoisotopic (exact) mass is 306 g/mol. The van der Waals surface area contributed by atoms with E-state index in [1.807, 2.05) is 30.5 Å². The highest BCUT2D eigenvalue weighted by molar-refractivity contribution is 7.99. The number of anilines is 3. The van der Waals surface area contributed by atoms with E-state index in [1.54, 1.807) is 18.9 Å². The molecule has 0 unspecified atom stereocenters. The summed E-state index contributed by atoms with van der Waals surface area (Å²) in [5.41, 5.74) is 2.13. The van der Waals surface area contributed by atoms with Crippen molar-refractivity contribution in [2.24, 2.45) is 0 Å². The first-order valence-corrected chi connectivity index (χ1v) is 7.85. The molecule has 4 heteroatoms. The molecule has 1 aliphatic heterocycles. The van der Waals surface area contributed by atoms with E-state index in [4.69, 9.17) is 4.74 Å². The van der Waals surface area contributed by atoms with Gasteiger partial charge < -0.3 is 4.74 Å². The molecule has 22 heavy (non-hydrogen) atoms. The molecular formula is C18H14N2OS. The maximum Gasteiger partial charge on any atom is 0.151 e. The van der Waals surface area contributed by atoms with Crippen molar-refractivity contribution in [1.29, 1.82) is 0 Å². The van der Waals surface area contributed by atoms with Gasteiger partial charge in [-0.15, -0.1) is 0 Å². The Bertz CT molecular complexity index is 789. The van der Waals surface area contributed by atoms with Crippen LogP contribution in [0.5, 0.6) is 5.75 Å². The summed E-state index contributed by atoms with van der Waals surface area (Å²) in [5.74, 6) is 1.77. The predicted octanol–water partition coefficient (Wildman–Crippen LogP) is 5.02. The van der Waals surface area contributed by atoms with E-state index >= 15 is 0 Å². The molecule has 0 atom stereocenters. The molecule has 0 saturated carbocycles. The first-order valence-electron chi connectivity index (χ1n) is 7.03. The minimum atomic E-state index is 0.834. The van der Waals surface area contributed by atoms with Crippen LogP contribution < -0.4 is 9.64 Å². The number of aromatic nitrogens is 1. The Morgan fingerprint density at radius 3 is 2.45 bits per heavy atom. The summed E-state index contributed by atoms with van der Waals surface area (Å²) in [7, 11) is 1.70. The number of pyridine rings is 1. The van der Waals surface area contributed by atoms with Gasteiger partial charge in [0.2, 0.25) is 0 Å². The highest BCUT2D eigenvalue weighted by Crippen LogP contribution is 2.51. The molecule has 0 radical (unpaired) electrons. The Morgan fingerprint density at radius 2 is 1.59 bits per heavy atom. The van der Waals surface area contributed by atoms with Gasteiger partial charge in [0.15, 0.2) is 5.82 Å². The van der Waals surface area contributed by atoms with Crippen LogP contribution in [0, 0.1) is 0 Å². The third-order valence-corrected chi connectivity index (χ3v) is 4.72. The van der Waals surface area contributed by atoms with Crippen LogP contribution in [0.25, 0.3) is 0 Å². The van der Waals surface area contributed by atoms with Crippen molar-refractivity contribution >= 4 is 29.0 Å². The van der Waals surface area contributed by atoms with Crippen LogP contribution in [0.4, 0.5) is 17.2 Å². The van der Waals surface area contributed by atoms with Crippen LogP contribution in [0.15, 0.2) is 76.7 Å². The van der Waals surface area contributed by atoms with E-state index < -0.39 is 0 Å². The summed E-state index contributed by atoms with van der Waals surface area (Å²) < 4.78 is 5.55. The highest BCUT2D eigenvalue weighted by atomic mass is 32.2. The number of para-hydroxylation sites is 3. The lowest BCUT2D eigenvalue weighted by molar-refractivity contribution is 0.416. The van der Waals surface area contributed by atoms with Gasteiger partial charge in [-0.3, -0.25) is 4.90 Å². The number of fused-ring (bicyclic) bond motifs is 2. The third kappa shape index (κ3) is 2.04. The van der Waals surface area contributed by atoms with Crippen molar-refractivity contribution < 1.29 is 4.74 Å². The van der Waals surface area contributed by atoms with Crippen LogP contribution in [0.3, 0.4) is 0 Å². The van der Waals surface area contributed by atoms with Gasteiger partial charge in [-0.25, -0.2) is 4.98 Å². The van der Waals surface area contributed by atoms with Crippen molar-refractivity contribution in [3.05, 3.63) is 66.9 Å². The standard InChI is InChI=1S/C18H14N2OS/c1-21-15-9-4-2-7-13(15)20-14-8-3-5-10-16(14)22-17-11-6-12-19-18(17)20/h2-12H,1H3. The molecule has 2 heterocycles. The Balaban J connectivity index is 1.99. The second-order valence-electron chi connectivity index (χ2n) is 4.90. The van der Waals surface area contributed by atoms with Gasteiger partial charge in [-0.2, -0.15) is 0 Å². The van der Waals surface area contributed by atoms with E-state index in [0.717, 1.165) is 27.8 Å². The molecule has 1 aliphatic rings. The molecule has 0 N–H and O–H groups in total. The zero-order chi connectivity index (χ0) is 14.9. The summed E-state index contributed by atoms with van der Waals surface area (Å²) in [4.78, 5) is 9.13. The van der Waals surface area contributed by atoms with Gasteiger partial charge in [0.1, 0.15) is 5.75 Å². The number of ether oxygens (including phenoxy) is 1. The van der Waals surface area contributed by atoms with Crippen LogP contribution in [-0.2, 0) is 0 Å². The second-order valence-corrected chi connectivity index (χ2v) is 5.99. The van der Waals surface area contributed by atoms with E-state index in [0.29, 0.717) is 0 Å². The molecule has 0 amide bonds. The Labute approximate surface area is 133 Å². The molecule has 0 saturated heterocycles. The lowest BCUT2D eigenvalue weighted by atomic mass is 10.2. The van der Waals surface area contributed by atoms with E-state index in [-0.39, 0.29) is 0 Å². The third-order valence-electron chi connectivity index (χ3n) is 3.61. The Kier molecular flexibility index (Phi) is 3.24. The molecule has 0 spiro atoms. The van der Waals surface area contributed by atoms with Crippen molar-refractivity contribution in [3.8, 4) is 5.75 Å². The lowest BCUT2D eigenvalue weighted by Gasteiger charge is -2.32. The average molecular weight is 306 g/mol. The number of methoxy groups -OCH3 is 1. The van der Waals surface area contributed by atoms with Gasteiger partial charge >= 0.3 is 0 Å². The first-order chi connectivity index (χ1) is 10.9. The maximum atomic E-state index is 5.55. The van der Waals surface area contributed by atoms with Crippen LogP contribution >= 0.6 is 11.8 Å². The Hall–Kier alpha value is -2.46. The van der Waals surface area contributed by atoms with Crippen molar-refractivity contribution in [2.45, 2.75) is 9.79 Å². The first kappa shape index (κ1) is 13.2. The fourth-order valence-corrected chi connectivity index (χ4v) is 3.68. The molecule has 2 aromatic carbocycles. The smallest absolute Gasteiger partial charge is 0.151 e. The minimum Gasteiger partial charge on any atom is -0.495 e. The van der Waals surface area contributed by atoms with Gasteiger partial charge in [0, 0.05) is 11.1 Å². The van der Waals surface area contributed by atoms with Gasteiger partial charge in [0.05, 0.1) is 23.4 Å². The number of benzene rings is 2. The SMILES string of the molecule is COc1ccccc1N1c2ccccc2Sc2cccnc21.